The molecule has 0 nitrogen and oxygen atoms in total. The second kappa shape index (κ2) is 2.79. The summed E-state index contributed by atoms with van der Waals surface area (Å²) >= 11 is 0. The molecule has 1 fully saturated rings. The smallest absolute Gasteiger partial charge is 0.210 e. The van der Waals surface area contributed by atoms with E-state index in [4.69, 9.17) is 0 Å². The maximum absolute atomic E-state index is 12.4. The van der Waals surface area contributed by atoms with E-state index in [-0.39, 0.29) is 5.41 Å². The van der Waals surface area contributed by atoms with E-state index >= 15 is 0 Å². The average Bonchev–Trinajstić information content (AvgIpc) is 2.82. The summed E-state index contributed by atoms with van der Waals surface area (Å²) in [5.74, 6) is -0.435. The lowest BCUT2D eigenvalue weighted by Gasteiger charge is -2.10. The first-order valence-corrected chi connectivity index (χ1v) is 4.48. The first-order valence-electron chi connectivity index (χ1n) is 4.48. The number of benzene rings is 1. The summed E-state index contributed by atoms with van der Waals surface area (Å²) in [7, 11) is 0. The van der Waals surface area contributed by atoms with Gasteiger partial charge < -0.3 is 0 Å². The van der Waals surface area contributed by atoms with E-state index < -0.39 is 12.3 Å². The fourth-order valence-corrected chi connectivity index (χ4v) is 1.92. The molecule has 0 spiro atoms. The van der Waals surface area contributed by atoms with Crippen molar-refractivity contribution in [3.63, 3.8) is 0 Å². The lowest BCUT2D eigenvalue weighted by Crippen LogP contribution is -2.09. The Morgan fingerprint density at radius 3 is 2.38 bits per heavy atom. The van der Waals surface area contributed by atoms with Crippen LogP contribution in [0.5, 0.6) is 0 Å². The molecule has 0 aliphatic heterocycles. The summed E-state index contributed by atoms with van der Waals surface area (Å²) in [6.45, 7) is 1.92. The van der Waals surface area contributed by atoms with Crippen molar-refractivity contribution in [3.05, 3.63) is 35.9 Å². The van der Waals surface area contributed by atoms with Crippen molar-refractivity contribution < 1.29 is 8.78 Å². The SMILES string of the molecule is C[C@@]1(c2ccccc2)CC1C(F)F. The van der Waals surface area contributed by atoms with Gasteiger partial charge in [-0.15, -0.1) is 0 Å². The molecule has 1 aliphatic rings. The molecular weight excluding hydrogens is 170 g/mol. The van der Waals surface area contributed by atoms with Gasteiger partial charge in [0.15, 0.2) is 0 Å². The van der Waals surface area contributed by atoms with Crippen LogP contribution in [0.3, 0.4) is 0 Å². The van der Waals surface area contributed by atoms with Crippen LogP contribution in [0, 0.1) is 5.92 Å². The van der Waals surface area contributed by atoms with E-state index in [1.807, 2.05) is 37.3 Å². The first-order chi connectivity index (χ1) is 6.14. The largest absolute Gasteiger partial charge is 0.242 e. The van der Waals surface area contributed by atoms with Crippen LogP contribution in [0.2, 0.25) is 0 Å². The quantitative estimate of drug-likeness (QED) is 0.658. The molecule has 2 heteroatoms. The maximum atomic E-state index is 12.4. The Labute approximate surface area is 76.6 Å². The second-order valence-electron chi connectivity index (χ2n) is 3.93. The summed E-state index contributed by atoms with van der Waals surface area (Å²) < 4.78 is 24.8. The average molecular weight is 182 g/mol. The Morgan fingerprint density at radius 1 is 1.31 bits per heavy atom. The van der Waals surface area contributed by atoms with E-state index in [1.54, 1.807) is 0 Å². The summed E-state index contributed by atoms with van der Waals surface area (Å²) in [4.78, 5) is 0. The molecule has 1 aliphatic carbocycles. The van der Waals surface area contributed by atoms with Crippen LogP contribution in [0.15, 0.2) is 30.3 Å². The zero-order valence-electron chi connectivity index (χ0n) is 7.50. The second-order valence-corrected chi connectivity index (χ2v) is 3.93. The van der Waals surface area contributed by atoms with Crippen LogP contribution in [-0.2, 0) is 5.41 Å². The Hall–Kier alpha value is -0.920. The summed E-state index contributed by atoms with van der Waals surface area (Å²) in [5.41, 5.74) is 0.774. The fraction of sp³-hybridized carbons (Fsp3) is 0.455. The van der Waals surface area contributed by atoms with Gasteiger partial charge in [-0.1, -0.05) is 37.3 Å². The Balaban J connectivity index is 2.21. The Morgan fingerprint density at radius 2 is 1.92 bits per heavy atom. The van der Waals surface area contributed by atoms with Gasteiger partial charge >= 0.3 is 0 Å². The highest BCUT2D eigenvalue weighted by Crippen LogP contribution is 2.56. The summed E-state index contributed by atoms with van der Waals surface area (Å²) in [6, 6.07) is 9.58. The van der Waals surface area contributed by atoms with Crippen molar-refractivity contribution in [1.29, 1.82) is 0 Å². The van der Waals surface area contributed by atoms with Gasteiger partial charge in [-0.25, -0.2) is 8.78 Å². The molecule has 1 saturated carbocycles. The maximum Gasteiger partial charge on any atom is 0.242 e. The zero-order valence-corrected chi connectivity index (χ0v) is 7.50. The molecule has 0 radical (unpaired) electrons. The van der Waals surface area contributed by atoms with Crippen molar-refractivity contribution in [2.45, 2.75) is 25.2 Å². The molecule has 13 heavy (non-hydrogen) atoms. The number of hydrogen-bond donors (Lipinski definition) is 0. The third-order valence-electron chi connectivity index (χ3n) is 3.04. The fourth-order valence-electron chi connectivity index (χ4n) is 1.92. The molecule has 0 amide bonds. The minimum absolute atomic E-state index is 0.268. The van der Waals surface area contributed by atoms with Crippen molar-refractivity contribution in [3.8, 4) is 0 Å². The molecule has 70 valence electrons. The Bertz CT molecular complexity index is 294. The number of alkyl halides is 2. The topological polar surface area (TPSA) is 0 Å². The van der Waals surface area contributed by atoms with E-state index in [1.165, 1.54) is 0 Å². The molecule has 0 aromatic heterocycles. The number of halogens is 2. The molecule has 2 atom stereocenters. The summed E-state index contributed by atoms with van der Waals surface area (Å²) in [5, 5.41) is 0. The van der Waals surface area contributed by atoms with Gasteiger partial charge in [0.25, 0.3) is 0 Å². The van der Waals surface area contributed by atoms with Gasteiger partial charge in [0.05, 0.1) is 0 Å². The van der Waals surface area contributed by atoms with Crippen molar-refractivity contribution in [1.82, 2.24) is 0 Å². The van der Waals surface area contributed by atoms with Crippen LogP contribution in [0.25, 0.3) is 0 Å². The van der Waals surface area contributed by atoms with Crippen LogP contribution in [0.1, 0.15) is 18.9 Å². The standard InChI is InChI=1S/C11H12F2/c1-11(7-9(11)10(12)13)8-5-3-2-4-6-8/h2-6,9-10H,7H2,1H3/t9?,11-/m0/s1. The molecule has 1 unspecified atom stereocenters. The van der Waals surface area contributed by atoms with Gasteiger partial charge in [0, 0.05) is 11.3 Å². The highest BCUT2D eigenvalue weighted by molar-refractivity contribution is 5.32. The van der Waals surface area contributed by atoms with Gasteiger partial charge in [0.2, 0.25) is 6.43 Å². The van der Waals surface area contributed by atoms with Gasteiger partial charge in [0.1, 0.15) is 0 Å². The third kappa shape index (κ3) is 1.34. The predicted molar refractivity (Wildman–Crippen MR) is 47.9 cm³/mol. The molecular formula is C11H12F2. The first kappa shape index (κ1) is 8.67. The number of hydrogen-bond acceptors (Lipinski definition) is 0. The molecule has 0 N–H and O–H groups in total. The number of rotatable bonds is 2. The van der Waals surface area contributed by atoms with Gasteiger partial charge in [-0.3, -0.25) is 0 Å². The van der Waals surface area contributed by atoms with E-state index in [2.05, 4.69) is 0 Å². The van der Waals surface area contributed by atoms with Crippen molar-refractivity contribution in [2.24, 2.45) is 5.92 Å². The lowest BCUT2D eigenvalue weighted by atomic mass is 9.96. The molecule has 2 rings (SSSR count). The van der Waals surface area contributed by atoms with Crippen LogP contribution < -0.4 is 0 Å². The van der Waals surface area contributed by atoms with Gasteiger partial charge in [-0.05, 0) is 12.0 Å². The lowest BCUT2D eigenvalue weighted by molar-refractivity contribution is 0.114. The van der Waals surface area contributed by atoms with Crippen molar-refractivity contribution in [2.75, 3.05) is 0 Å². The molecule has 1 aromatic carbocycles. The zero-order chi connectivity index (χ0) is 9.47. The molecule has 0 bridgehead atoms. The van der Waals surface area contributed by atoms with Crippen molar-refractivity contribution >= 4 is 0 Å². The third-order valence-corrected chi connectivity index (χ3v) is 3.04. The molecule has 0 heterocycles. The minimum atomic E-state index is -2.18. The van der Waals surface area contributed by atoms with Crippen LogP contribution >= 0.6 is 0 Å². The predicted octanol–water partition coefficient (Wildman–Crippen LogP) is 3.23. The van der Waals surface area contributed by atoms with Gasteiger partial charge in [-0.2, -0.15) is 0 Å². The van der Waals surface area contributed by atoms with E-state index in [9.17, 15) is 8.78 Å². The molecule has 0 saturated heterocycles. The Kier molecular flexibility index (Phi) is 1.86. The van der Waals surface area contributed by atoms with Crippen LogP contribution in [0.4, 0.5) is 8.78 Å². The monoisotopic (exact) mass is 182 g/mol. The molecule has 1 aromatic rings. The highest BCUT2D eigenvalue weighted by atomic mass is 19.3. The van der Waals surface area contributed by atoms with E-state index in [0.717, 1.165) is 5.56 Å². The highest BCUT2D eigenvalue weighted by Gasteiger charge is 2.55. The summed E-state index contributed by atoms with van der Waals surface area (Å²) in [6.07, 6.45) is -1.56. The normalized spacial score (nSPS) is 32.2. The van der Waals surface area contributed by atoms with Crippen LogP contribution in [-0.4, -0.2) is 6.43 Å². The van der Waals surface area contributed by atoms with E-state index in [0.29, 0.717) is 6.42 Å². The minimum Gasteiger partial charge on any atom is -0.210 e.